The number of rotatable bonds is 8. The van der Waals surface area contributed by atoms with Gasteiger partial charge in [-0.2, -0.15) is 5.26 Å². The van der Waals surface area contributed by atoms with Crippen molar-refractivity contribution in [1.29, 1.82) is 5.26 Å². The first-order valence-corrected chi connectivity index (χ1v) is 6.58. The van der Waals surface area contributed by atoms with Gasteiger partial charge in [0.05, 0.1) is 19.1 Å². The number of methoxy groups -OCH3 is 1. The Balaban J connectivity index is 2.81. The van der Waals surface area contributed by atoms with Crippen molar-refractivity contribution in [2.24, 2.45) is 0 Å². The first-order chi connectivity index (χ1) is 9.72. The van der Waals surface area contributed by atoms with E-state index in [0.717, 1.165) is 12.2 Å². The van der Waals surface area contributed by atoms with E-state index in [1.807, 2.05) is 19.1 Å². The van der Waals surface area contributed by atoms with Gasteiger partial charge in [-0.1, -0.05) is 0 Å². The van der Waals surface area contributed by atoms with Crippen LogP contribution in [0.15, 0.2) is 18.3 Å². The summed E-state index contributed by atoms with van der Waals surface area (Å²) >= 11 is 0. The molecule has 0 saturated heterocycles. The zero-order valence-corrected chi connectivity index (χ0v) is 11.9. The Morgan fingerprint density at radius 1 is 1.55 bits per heavy atom. The lowest BCUT2D eigenvalue weighted by atomic mass is 10.2. The van der Waals surface area contributed by atoms with E-state index >= 15 is 0 Å². The summed E-state index contributed by atoms with van der Waals surface area (Å²) in [6.45, 7) is 4.03. The molecule has 1 amide bonds. The van der Waals surface area contributed by atoms with Crippen LogP contribution in [0.5, 0.6) is 0 Å². The first kappa shape index (κ1) is 15.9. The number of pyridine rings is 1. The Morgan fingerprint density at radius 3 is 3.00 bits per heavy atom. The molecule has 0 unspecified atom stereocenters. The van der Waals surface area contributed by atoms with Crippen LogP contribution in [-0.4, -0.2) is 49.1 Å². The summed E-state index contributed by atoms with van der Waals surface area (Å²) in [5.74, 6) is -0.183. The Morgan fingerprint density at radius 2 is 2.35 bits per heavy atom. The van der Waals surface area contributed by atoms with Crippen LogP contribution < -0.4 is 5.32 Å². The number of aromatic nitrogens is 1. The van der Waals surface area contributed by atoms with Gasteiger partial charge in [-0.3, -0.25) is 9.78 Å². The van der Waals surface area contributed by atoms with Gasteiger partial charge < -0.3 is 15.0 Å². The zero-order valence-electron chi connectivity index (χ0n) is 11.9. The summed E-state index contributed by atoms with van der Waals surface area (Å²) < 4.78 is 4.99. The number of nitrogens with zero attached hydrogens (tertiary/aromatic N) is 3. The molecule has 0 aromatic carbocycles. The number of nitriles is 1. The second-order valence-corrected chi connectivity index (χ2v) is 4.15. The van der Waals surface area contributed by atoms with Gasteiger partial charge >= 0.3 is 0 Å². The summed E-state index contributed by atoms with van der Waals surface area (Å²) in [7, 11) is 1.58. The lowest BCUT2D eigenvalue weighted by Gasteiger charge is -2.21. The van der Waals surface area contributed by atoms with Crippen LogP contribution in [-0.2, 0) is 4.74 Å². The molecule has 0 aliphatic heterocycles. The first-order valence-electron chi connectivity index (χ1n) is 6.58. The van der Waals surface area contributed by atoms with Crippen LogP contribution in [0.25, 0.3) is 0 Å². The molecule has 1 heterocycles. The van der Waals surface area contributed by atoms with Crippen LogP contribution in [0, 0.1) is 11.3 Å². The smallest absolute Gasteiger partial charge is 0.272 e. The lowest BCUT2D eigenvalue weighted by molar-refractivity contribution is 0.0694. The van der Waals surface area contributed by atoms with Gasteiger partial charge in [0.15, 0.2) is 0 Å². The van der Waals surface area contributed by atoms with Crippen molar-refractivity contribution < 1.29 is 9.53 Å². The maximum atomic E-state index is 12.4. The zero-order chi connectivity index (χ0) is 14.8. The average molecular weight is 276 g/mol. The number of ether oxygens (including phenoxy) is 1. The maximum Gasteiger partial charge on any atom is 0.272 e. The standard InChI is InChI=1S/C14H20N4O2/c1-3-16-12-5-7-17-13(11-12)14(19)18(8-4-6-15)9-10-20-2/h5,7,11H,3-4,8-10H2,1-2H3,(H,16,17). The largest absolute Gasteiger partial charge is 0.385 e. The monoisotopic (exact) mass is 276 g/mol. The fourth-order valence-corrected chi connectivity index (χ4v) is 1.72. The quantitative estimate of drug-likeness (QED) is 0.778. The van der Waals surface area contributed by atoms with E-state index in [9.17, 15) is 4.79 Å². The molecule has 20 heavy (non-hydrogen) atoms. The van der Waals surface area contributed by atoms with E-state index in [4.69, 9.17) is 10.00 Å². The molecule has 0 saturated carbocycles. The molecule has 0 aliphatic carbocycles. The molecule has 0 atom stereocenters. The van der Waals surface area contributed by atoms with E-state index < -0.39 is 0 Å². The van der Waals surface area contributed by atoms with Gasteiger partial charge in [0, 0.05) is 38.6 Å². The summed E-state index contributed by atoms with van der Waals surface area (Å²) in [6.07, 6.45) is 1.90. The third-order valence-corrected chi connectivity index (χ3v) is 2.71. The van der Waals surface area contributed by atoms with Gasteiger partial charge in [-0.05, 0) is 19.1 Å². The molecular formula is C14H20N4O2. The summed E-state index contributed by atoms with van der Waals surface area (Å²) in [6, 6.07) is 5.58. The van der Waals surface area contributed by atoms with Crippen molar-refractivity contribution in [2.75, 3.05) is 38.7 Å². The number of anilines is 1. The minimum Gasteiger partial charge on any atom is -0.385 e. The summed E-state index contributed by atoms with van der Waals surface area (Å²) in [5, 5.41) is 11.8. The van der Waals surface area contributed by atoms with E-state index in [1.165, 1.54) is 0 Å². The number of carbonyl (C=O) groups is 1. The molecule has 1 rings (SSSR count). The van der Waals surface area contributed by atoms with Crippen LogP contribution in [0.3, 0.4) is 0 Å². The van der Waals surface area contributed by atoms with Crippen molar-refractivity contribution in [1.82, 2.24) is 9.88 Å². The van der Waals surface area contributed by atoms with Crippen LogP contribution >= 0.6 is 0 Å². The Labute approximate surface area is 119 Å². The molecule has 1 N–H and O–H groups in total. The Bertz CT molecular complexity index is 470. The summed E-state index contributed by atoms with van der Waals surface area (Å²) in [4.78, 5) is 18.1. The minimum absolute atomic E-state index is 0.183. The van der Waals surface area contributed by atoms with Gasteiger partial charge in [-0.15, -0.1) is 0 Å². The van der Waals surface area contributed by atoms with Crippen molar-refractivity contribution in [2.45, 2.75) is 13.3 Å². The van der Waals surface area contributed by atoms with E-state index in [1.54, 1.807) is 24.3 Å². The van der Waals surface area contributed by atoms with Crippen LogP contribution in [0.2, 0.25) is 0 Å². The molecule has 1 aromatic rings. The fourth-order valence-electron chi connectivity index (χ4n) is 1.72. The van der Waals surface area contributed by atoms with Gasteiger partial charge in [0.1, 0.15) is 5.69 Å². The third kappa shape index (κ3) is 4.86. The fraction of sp³-hybridized carbons (Fsp3) is 0.500. The van der Waals surface area contributed by atoms with Gasteiger partial charge in [-0.25, -0.2) is 0 Å². The molecule has 0 aliphatic rings. The molecule has 0 fully saturated rings. The van der Waals surface area contributed by atoms with Crippen LogP contribution in [0.1, 0.15) is 23.8 Å². The number of nitrogens with one attached hydrogen (secondary N) is 1. The predicted octanol–water partition coefficient (Wildman–Crippen LogP) is 1.52. The highest BCUT2D eigenvalue weighted by molar-refractivity contribution is 5.93. The average Bonchev–Trinajstić information content (AvgIpc) is 2.47. The van der Waals surface area contributed by atoms with Crippen molar-refractivity contribution >= 4 is 11.6 Å². The maximum absolute atomic E-state index is 12.4. The second-order valence-electron chi connectivity index (χ2n) is 4.15. The SMILES string of the molecule is CCNc1ccnc(C(=O)N(CCC#N)CCOC)c1. The normalized spacial score (nSPS) is 9.85. The molecular weight excluding hydrogens is 256 g/mol. The molecule has 1 aromatic heterocycles. The molecule has 0 spiro atoms. The number of hydrogen-bond donors (Lipinski definition) is 1. The molecule has 6 nitrogen and oxygen atoms in total. The highest BCUT2D eigenvalue weighted by Gasteiger charge is 2.16. The topological polar surface area (TPSA) is 78.3 Å². The highest BCUT2D eigenvalue weighted by Crippen LogP contribution is 2.10. The Hall–Kier alpha value is -2.13. The van der Waals surface area contributed by atoms with Gasteiger partial charge in [0.25, 0.3) is 5.91 Å². The molecule has 6 heteroatoms. The number of hydrogen-bond acceptors (Lipinski definition) is 5. The lowest BCUT2D eigenvalue weighted by Crippen LogP contribution is -2.35. The highest BCUT2D eigenvalue weighted by atomic mass is 16.5. The Kier molecular flexibility index (Phi) is 7.07. The molecule has 108 valence electrons. The number of carbonyl (C=O) groups excluding carboxylic acids is 1. The van der Waals surface area contributed by atoms with E-state index in [2.05, 4.69) is 10.3 Å². The summed E-state index contributed by atoms with van der Waals surface area (Å²) in [5.41, 5.74) is 1.23. The van der Waals surface area contributed by atoms with E-state index in [0.29, 0.717) is 31.8 Å². The third-order valence-electron chi connectivity index (χ3n) is 2.71. The number of amides is 1. The van der Waals surface area contributed by atoms with Crippen LogP contribution in [0.4, 0.5) is 5.69 Å². The molecule has 0 bridgehead atoms. The molecule has 0 radical (unpaired) electrons. The minimum atomic E-state index is -0.183. The second kappa shape index (κ2) is 8.88. The predicted molar refractivity (Wildman–Crippen MR) is 76.4 cm³/mol. The van der Waals surface area contributed by atoms with Crippen molar-refractivity contribution in [3.63, 3.8) is 0 Å². The van der Waals surface area contributed by atoms with Crippen molar-refractivity contribution in [3.05, 3.63) is 24.0 Å². The van der Waals surface area contributed by atoms with Crippen molar-refractivity contribution in [3.8, 4) is 6.07 Å². The van der Waals surface area contributed by atoms with E-state index in [-0.39, 0.29) is 5.91 Å². The van der Waals surface area contributed by atoms with Gasteiger partial charge in [0.2, 0.25) is 0 Å².